The maximum atomic E-state index is 13.0. The van der Waals surface area contributed by atoms with Gasteiger partial charge in [-0.3, -0.25) is 9.59 Å². The van der Waals surface area contributed by atoms with Gasteiger partial charge < -0.3 is 15.6 Å². The van der Waals surface area contributed by atoms with Crippen molar-refractivity contribution < 1.29 is 27.3 Å². The molecule has 31 heavy (non-hydrogen) atoms. The number of anilines is 2. The first-order chi connectivity index (χ1) is 14.5. The zero-order chi connectivity index (χ0) is 22.8. The van der Waals surface area contributed by atoms with E-state index >= 15 is 0 Å². The highest BCUT2D eigenvalue weighted by atomic mass is 19.4. The first-order valence-electron chi connectivity index (χ1n) is 9.11. The van der Waals surface area contributed by atoms with Gasteiger partial charge in [-0.2, -0.15) is 13.2 Å². The van der Waals surface area contributed by atoms with Crippen LogP contribution in [-0.2, 0) is 6.18 Å². The molecule has 3 N–H and O–H groups in total. The van der Waals surface area contributed by atoms with E-state index in [0.717, 1.165) is 6.07 Å². The van der Waals surface area contributed by atoms with Crippen molar-refractivity contribution in [3.05, 3.63) is 64.9 Å². The number of aryl methyl sites for hydroxylation is 1. The summed E-state index contributed by atoms with van der Waals surface area (Å²) >= 11 is 0. The Bertz CT molecular complexity index is 1130. The smallest absolute Gasteiger partial charge is 0.384 e. The molecule has 1 amide bonds. The molecule has 8 nitrogen and oxygen atoms in total. The Morgan fingerprint density at radius 3 is 2.61 bits per heavy atom. The molecule has 0 aliphatic heterocycles. The minimum Gasteiger partial charge on any atom is -0.384 e. The molecule has 2 heterocycles. The highest BCUT2D eigenvalue weighted by Gasteiger charge is 2.32. The number of nitrogens with two attached hydrogens (primary N) is 1. The minimum absolute atomic E-state index is 0.0248. The van der Waals surface area contributed by atoms with Crippen molar-refractivity contribution >= 4 is 23.2 Å². The predicted octanol–water partition coefficient (Wildman–Crippen LogP) is 4.00. The molecule has 1 atom stereocenters. The lowest BCUT2D eigenvalue weighted by Crippen LogP contribution is -2.13. The van der Waals surface area contributed by atoms with Crippen molar-refractivity contribution in [3.63, 3.8) is 0 Å². The van der Waals surface area contributed by atoms with E-state index in [0.29, 0.717) is 5.69 Å². The van der Waals surface area contributed by atoms with Crippen LogP contribution in [0.25, 0.3) is 0 Å². The van der Waals surface area contributed by atoms with Crippen LogP contribution in [0.5, 0.6) is 0 Å². The zero-order valence-electron chi connectivity index (χ0n) is 16.5. The standard InChI is InChI=1S/C20H18F3N5O3/c1-10-3-4-12(6-13(10)20(21,22)23)27-19(30)17-7-14(28-31-17)11(2)5-16(29)15-8-18(24)26-9-25-15/h3-4,6-9,11H,5H2,1-2H3,(H,27,30)(H2,24,25,26)/t11-/m1/s1. The molecule has 162 valence electrons. The van der Waals surface area contributed by atoms with Crippen molar-refractivity contribution in [3.8, 4) is 0 Å². The summed E-state index contributed by atoms with van der Waals surface area (Å²) in [5.74, 6) is -1.51. The summed E-state index contributed by atoms with van der Waals surface area (Å²) in [6, 6.07) is 6.15. The number of nitrogens with one attached hydrogen (secondary N) is 1. The van der Waals surface area contributed by atoms with E-state index in [1.165, 1.54) is 37.5 Å². The lowest BCUT2D eigenvalue weighted by atomic mass is 9.99. The number of nitrogen functional groups attached to an aromatic ring is 1. The summed E-state index contributed by atoms with van der Waals surface area (Å²) < 4.78 is 44.1. The van der Waals surface area contributed by atoms with Gasteiger partial charge in [0.05, 0.1) is 11.3 Å². The number of hydrogen-bond acceptors (Lipinski definition) is 7. The van der Waals surface area contributed by atoms with Crippen LogP contribution in [0.2, 0.25) is 0 Å². The van der Waals surface area contributed by atoms with Gasteiger partial charge in [-0.1, -0.05) is 18.1 Å². The molecule has 0 fully saturated rings. The molecule has 0 saturated heterocycles. The number of hydrogen-bond donors (Lipinski definition) is 2. The fraction of sp³-hybridized carbons (Fsp3) is 0.250. The summed E-state index contributed by atoms with van der Waals surface area (Å²) in [4.78, 5) is 32.3. The second-order valence-corrected chi connectivity index (χ2v) is 6.95. The Hall–Kier alpha value is -3.76. The number of aromatic nitrogens is 3. The molecule has 0 unspecified atom stereocenters. The number of halogens is 3. The second kappa shape index (κ2) is 8.54. The van der Waals surface area contributed by atoms with Crippen LogP contribution in [-0.4, -0.2) is 26.8 Å². The summed E-state index contributed by atoms with van der Waals surface area (Å²) in [6.07, 6.45) is -3.33. The van der Waals surface area contributed by atoms with Gasteiger partial charge in [-0.25, -0.2) is 9.97 Å². The summed E-state index contributed by atoms with van der Waals surface area (Å²) in [5, 5.41) is 6.14. The molecule has 11 heteroatoms. The molecule has 0 radical (unpaired) electrons. The van der Waals surface area contributed by atoms with Gasteiger partial charge in [0.1, 0.15) is 17.8 Å². The number of Topliss-reactive ketones (excluding diaryl/α,β-unsaturated/α-hetero) is 1. The Kier molecular flexibility index (Phi) is 6.04. The van der Waals surface area contributed by atoms with E-state index in [9.17, 15) is 22.8 Å². The molecule has 0 bridgehead atoms. The third-order valence-electron chi connectivity index (χ3n) is 4.52. The lowest BCUT2D eigenvalue weighted by Gasteiger charge is -2.12. The Labute approximate surface area is 174 Å². The monoisotopic (exact) mass is 433 g/mol. The van der Waals surface area contributed by atoms with Gasteiger partial charge >= 0.3 is 6.18 Å². The minimum atomic E-state index is -4.54. The lowest BCUT2D eigenvalue weighted by molar-refractivity contribution is -0.138. The van der Waals surface area contributed by atoms with Crippen LogP contribution in [0, 0.1) is 6.92 Å². The number of carbonyl (C=O) groups is 2. The number of amides is 1. The molecule has 3 rings (SSSR count). The number of rotatable bonds is 6. The van der Waals surface area contributed by atoms with Gasteiger partial charge in [0, 0.05) is 30.2 Å². The van der Waals surface area contributed by atoms with Crippen LogP contribution in [0.1, 0.15) is 57.1 Å². The first kappa shape index (κ1) is 21.9. The van der Waals surface area contributed by atoms with Crippen molar-refractivity contribution in [1.82, 2.24) is 15.1 Å². The van der Waals surface area contributed by atoms with E-state index in [1.807, 2.05) is 0 Å². The molecule has 2 aromatic heterocycles. The summed E-state index contributed by atoms with van der Waals surface area (Å²) in [6.45, 7) is 3.03. The van der Waals surface area contributed by atoms with Gasteiger partial charge in [0.15, 0.2) is 5.78 Å². The summed E-state index contributed by atoms with van der Waals surface area (Å²) in [5.41, 5.74) is 5.18. The first-order valence-corrected chi connectivity index (χ1v) is 9.11. The van der Waals surface area contributed by atoms with Crippen LogP contribution in [0.4, 0.5) is 24.7 Å². The average Bonchev–Trinajstić information content (AvgIpc) is 3.19. The van der Waals surface area contributed by atoms with E-state index in [1.54, 1.807) is 6.92 Å². The van der Waals surface area contributed by atoms with Crippen LogP contribution in [0.15, 0.2) is 41.2 Å². The van der Waals surface area contributed by atoms with E-state index in [2.05, 4.69) is 20.4 Å². The molecular formula is C20H18F3N5O3. The zero-order valence-corrected chi connectivity index (χ0v) is 16.5. The number of carbonyl (C=O) groups excluding carboxylic acids is 2. The Morgan fingerprint density at radius 2 is 1.94 bits per heavy atom. The van der Waals surface area contributed by atoms with E-state index in [4.69, 9.17) is 10.3 Å². The van der Waals surface area contributed by atoms with Crippen molar-refractivity contribution in [1.29, 1.82) is 0 Å². The van der Waals surface area contributed by atoms with Crippen molar-refractivity contribution in [2.45, 2.75) is 32.4 Å². The largest absolute Gasteiger partial charge is 0.416 e. The molecule has 0 spiro atoms. The third kappa shape index (κ3) is 5.24. The highest BCUT2D eigenvalue weighted by Crippen LogP contribution is 2.33. The Balaban J connectivity index is 1.69. The second-order valence-electron chi connectivity index (χ2n) is 6.95. The van der Waals surface area contributed by atoms with Gasteiger partial charge in [-0.15, -0.1) is 0 Å². The number of benzene rings is 1. The van der Waals surface area contributed by atoms with Crippen molar-refractivity contribution in [2.75, 3.05) is 11.1 Å². The van der Waals surface area contributed by atoms with E-state index in [-0.39, 0.29) is 40.7 Å². The fourth-order valence-corrected chi connectivity index (χ4v) is 2.84. The number of alkyl halides is 3. The highest BCUT2D eigenvalue weighted by molar-refractivity contribution is 6.02. The van der Waals surface area contributed by atoms with Gasteiger partial charge in [0.25, 0.3) is 5.91 Å². The normalized spacial score (nSPS) is 12.4. The molecule has 1 aromatic carbocycles. The quantitative estimate of drug-likeness (QED) is 0.563. The molecule has 3 aromatic rings. The van der Waals surface area contributed by atoms with Gasteiger partial charge in [-0.05, 0) is 24.6 Å². The van der Waals surface area contributed by atoms with E-state index < -0.39 is 23.6 Å². The van der Waals surface area contributed by atoms with Crippen LogP contribution in [0.3, 0.4) is 0 Å². The molecule has 0 aliphatic rings. The number of ketones is 1. The maximum Gasteiger partial charge on any atom is 0.416 e. The third-order valence-corrected chi connectivity index (χ3v) is 4.52. The summed E-state index contributed by atoms with van der Waals surface area (Å²) in [7, 11) is 0. The van der Waals surface area contributed by atoms with Crippen molar-refractivity contribution in [2.24, 2.45) is 0 Å². The topological polar surface area (TPSA) is 124 Å². The Morgan fingerprint density at radius 1 is 1.19 bits per heavy atom. The fourth-order valence-electron chi connectivity index (χ4n) is 2.84. The van der Waals surface area contributed by atoms with Gasteiger partial charge in [0.2, 0.25) is 5.76 Å². The predicted molar refractivity (Wildman–Crippen MR) is 104 cm³/mol. The molecular weight excluding hydrogens is 415 g/mol. The maximum absolute atomic E-state index is 13.0. The average molecular weight is 433 g/mol. The molecule has 0 saturated carbocycles. The van der Waals surface area contributed by atoms with Crippen LogP contribution >= 0.6 is 0 Å². The molecule has 0 aliphatic carbocycles. The van der Waals surface area contributed by atoms with Crippen LogP contribution < -0.4 is 11.1 Å². The number of nitrogens with zero attached hydrogens (tertiary/aromatic N) is 3. The SMILES string of the molecule is Cc1ccc(NC(=O)c2cc([C@H](C)CC(=O)c3cc(N)ncn3)no2)cc1C(F)(F)F.